The lowest BCUT2D eigenvalue weighted by molar-refractivity contribution is -0.141. The number of carboxylic acids is 1. The molecule has 0 bridgehead atoms. The molecule has 0 saturated carbocycles. The molecule has 1 unspecified atom stereocenters. The Hall–Kier alpha value is -2.69. The van der Waals surface area contributed by atoms with Crippen molar-refractivity contribution in [1.82, 2.24) is 5.32 Å². The Bertz CT molecular complexity index is 703. The van der Waals surface area contributed by atoms with Crippen LogP contribution in [-0.4, -0.2) is 23.0 Å². The highest BCUT2D eigenvalue weighted by Crippen LogP contribution is 2.21. The molecule has 2 aromatic rings. The van der Waals surface area contributed by atoms with E-state index in [1.807, 2.05) is 30.3 Å². The zero-order chi connectivity index (χ0) is 17.5. The fraction of sp³-hybridized carbons (Fsp3) is 0.263. The number of rotatable bonds is 7. The van der Waals surface area contributed by atoms with Crippen LogP contribution in [0, 0.1) is 5.82 Å². The molecule has 0 radical (unpaired) electrons. The van der Waals surface area contributed by atoms with Gasteiger partial charge in [-0.3, -0.25) is 4.79 Å². The van der Waals surface area contributed by atoms with Crippen LogP contribution < -0.4 is 5.32 Å². The summed E-state index contributed by atoms with van der Waals surface area (Å²) in [7, 11) is 0. The Morgan fingerprint density at radius 1 is 1.08 bits per heavy atom. The lowest BCUT2D eigenvalue weighted by Crippen LogP contribution is -2.42. The van der Waals surface area contributed by atoms with E-state index in [-0.39, 0.29) is 24.6 Å². The Balaban J connectivity index is 1.98. The predicted molar refractivity (Wildman–Crippen MR) is 89.1 cm³/mol. The van der Waals surface area contributed by atoms with E-state index in [0.717, 1.165) is 5.56 Å². The first-order valence-electron chi connectivity index (χ1n) is 7.78. The number of carbonyl (C=O) groups is 2. The minimum atomic E-state index is -1.09. The number of carbonyl (C=O) groups excluding carboxylic acids is 1. The van der Waals surface area contributed by atoms with E-state index in [1.54, 1.807) is 25.1 Å². The van der Waals surface area contributed by atoms with Gasteiger partial charge in [0.2, 0.25) is 5.91 Å². The molecule has 2 N–H and O–H groups in total. The standard InChI is InChI=1S/C19H20FNO3/c1-13(15-9-5-6-10-16(15)20)11-18(22)21-17(19(23)24)12-14-7-3-2-4-8-14/h2-10,13,17H,11-12H2,1H3,(H,21,22)(H,23,24)/t13?,17-/m0/s1. The van der Waals surface area contributed by atoms with Crippen molar-refractivity contribution >= 4 is 11.9 Å². The number of nitrogens with one attached hydrogen (secondary N) is 1. The highest BCUT2D eigenvalue weighted by molar-refractivity contribution is 5.84. The average molecular weight is 329 g/mol. The first-order chi connectivity index (χ1) is 11.5. The second-order valence-corrected chi connectivity index (χ2v) is 5.77. The molecule has 126 valence electrons. The van der Waals surface area contributed by atoms with Crippen molar-refractivity contribution in [3.05, 3.63) is 71.5 Å². The summed E-state index contributed by atoms with van der Waals surface area (Å²) >= 11 is 0. The molecule has 0 heterocycles. The third-order valence-electron chi connectivity index (χ3n) is 3.84. The van der Waals surface area contributed by atoms with Gasteiger partial charge in [0.1, 0.15) is 11.9 Å². The van der Waals surface area contributed by atoms with E-state index in [0.29, 0.717) is 5.56 Å². The Morgan fingerprint density at radius 3 is 2.33 bits per heavy atom. The summed E-state index contributed by atoms with van der Waals surface area (Å²) in [6.07, 6.45) is 0.232. The van der Waals surface area contributed by atoms with Crippen molar-refractivity contribution in [3.8, 4) is 0 Å². The Kier molecular flexibility index (Phi) is 6.07. The molecule has 0 aliphatic carbocycles. The van der Waals surface area contributed by atoms with Gasteiger partial charge in [-0.05, 0) is 23.1 Å². The van der Waals surface area contributed by atoms with Gasteiger partial charge in [-0.25, -0.2) is 9.18 Å². The normalized spacial score (nSPS) is 13.1. The monoisotopic (exact) mass is 329 g/mol. The molecular weight excluding hydrogens is 309 g/mol. The molecule has 0 spiro atoms. The molecule has 4 nitrogen and oxygen atoms in total. The molecule has 2 atom stereocenters. The maximum atomic E-state index is 13.7. The SMILES string of the molecule is CC(CC(=O)N[C@@H](Cc1ccccc1)C(=O)O)c1ccccc1F. The molecule has 5 heteroatoms. The smallest absolute Gasteiger partial charge is 0.326 e. The number of carboxylic acid groups (broad SMARTS) is 1. The summed E-state index contributed by atoms with van der Waals surface area (Å²) in [6.45, 7) is 1.74. The summed E-state index contributed by atoms with van der Waals surface area (Å²) in [5.41, 5.74) is 1.27. The minimum Gasteiger partial charge on any atom is -0.480 e. The number of aliphatic carboxylic acids is 1. The Morgan fingerprint density at radius 2 is 1.71 bits per heavy atom. The molecule has 24 heavy (non-hydrogen) atoms. The van der Waals surface area contributed by atoms with Crippen LogP contribution in [0.4, 0.5) is 4.39 Å². The molecule has 0 aromatic heterocycles. The van der Waals surface area contributed by atoms with Crippen LogP contribution in [0.15, 0.2) is 54.6 Å². The fourth-order valence-electron chi connectivity index (χ4n) is 2.57. The quantitative estimate of drug-likeness (QED) is 0.820. The van der Waals surface area contributed by atoms with Gasteiger partial charge in [0.25, 0.3) is 0 Å². The first-order valence-corrected chi connectivity index (χ1v) is 7.78. The van der Waals surface area contributed by atoms with Crippen LogP contribution in [0.3, 0.4) is 0 Å². The zero-order valence-corrected chi connectivity index (χ0v) is 13.4. The van der Waals surface area contributed by atoms with E-state index in [4.69, 9.17) is 0 Å². The number of benzene rings is 2. The van der Waals surface area contributed by atoms with Crippen molar-refractivity contribution < 1.29 is 19.1 Å². The summed E-state index contributed by atoms with van der Waals surface area (Å²) in [4.78, 5) is 23.5. The minimum absolute atomic E-state index is 0.0273. The summed E-state index contributed by atoms with van der Waals surface area (Å²) in [6, 6.07) is 14.4. The van der Waals surface area contributed by atoms with Crippen LogP contribution in [0.5, 0.6) is 0 Å². The molecular formula is C19H20FNO3. The van der Waals surface area contributed by atoms with E-state index < -0.39 is 17.9 Å². The number of amides is 1. The van der Waals surface area contributed by atoms with Crippen molar-refractivity contribution in [3.63, 3.8) is 0 Å². The zero-order valence-electron chi connectivity index (χ0n) is 13.4. The molecule has 0 fully saturated rings. The van der Waals surface area contributed by atoms with Gasteiger partial charge in [0, 0.05) is 12.8 Å². The van der Waals surface area contributed by atoms with Gasteiger partial charge in [-0.1, -0.05) is 55.5 Å². The average Bonchev–Trinajstić information content (AvgIpc) is 2.55. The molecule has 0 saturated heterocycles. The van der Waals surface area contributed by atoms with E-state index in [2.05, 4.69) is 5.32 Å². The maximum absolute atomic E-state index is 13.7. The van der Waals surface area contributed by atoms with Crippen molar-refractivity contribution in [2.24, 2.45) is 0 Å². The molecule has 2 rings (SSSR count). The van der Waals surface area contributed by atoms with Crippen LogP contribution in [0.1, 0.15) is 30.4 Å². The first kappa shape index (κ1) is 17.7. The number of hydrogen-bond acceptors (Lipinski definition) is 2. The van der Waals surface area contributed by atoms with Crippen molar-refractivity contribution in [1.29, 1.82) is 0 Å². The summed E-state index contributed by atoms with van der Waals surface area (Å²) in [5.74, 6) is -2.20. The van der Waals surface area contributed by atoms with Crippen LogP contribution in [0.25, 0.3) is 0 Å². The second kappa shape index (κ2) is 8.24. The maximum Gasteiger partial charge on any atom is 0.326 e. The highest BCUT2D eigenvalue weighted by Gasteiger charge is 2.22. The molecule has 2 aromatic carbocycles. The highest BCUT2D eigenvalue weighted by atomic mass is 19.1. The number of hydrogen-bond donors (Lipinski definition) is 2. The van der Waals surface area contributed by atoms with Gasteiger partial charge in [-0.15, -0.1) is 0 Å². The van der Waals surface area contributed by atoms with E-state index >= 15 is 0 Å². The lowest BCUT2D eigenvalue weighted by Gasteiger charge is -2.17. The fourth-order valence-corrected chi connectivity index (χ4v) is 2.57. The van der Waals surface area contributed by atoms with Crippen molar-refractivity contribution in [2.75, 3.05) is 0 Å². The molecule has 0 aliphatic rings. The van der Waals surface area contributed by atoms with Crippen LogP contribution in [-0.2, 0) is 16.0 Å². The van der Waals surface area contributed by atoms with Gasteiger partial charge in [0.15, 0.2) is 0 Å². The summed E-state index contributed by atoms with van der Waals surface area (Å²) in [5, 5.41) is 11.8. The molecule has 0 aliphatic heterocycles. The van der Waals surface area contributed by atoms with Crippen LogP contribution >= 0.6 is 0 Å². The Labute approximate surface area is 140 Å². The van der Waals surface area contributed by atoms with E-state index in [9.17, 15) is 19.1 Å². The lowest BCUT2D eigenvalue weighted by atomic mass is 9.96. The largest absolute Gasteiger partial charge is 0.480 e. The van der Waals surface area contributed by atoms with Gasteiger partial charge in [0.05, 0.1) is 0 Å². The second-order valence-electron chi connectivity index (χ2n) is 5.77. The van der Waals surface area contributed by atoms with E-state index in [1.165, 1.54) is 6.07 Å². The third kappa shape index (κ3) is 4.91. The number of halogens is 1. The van der Waals surface area contributed by atoms with Gasteiger partial charge >= 0.3 is 5.97 Å². The van der Waals surface area contributed by atoms with Crippen molar-refractivity contribution in [2.45, 2.75) is 31.7 Å². The topological polar surface area (TPSA) is 66.4 Å². The van der Waals surface area contributed by atoms with Crippen LogP contribution in [0.2, 0.25) is 0 Å². The predicted octanol–water partition coefficient (Wildman–Crippen LogP) is 3.13. The molecule has 1 amide bonds. The van der Waals surface area contributed by atoms with Gasteiger partial charge in [-0.2, -0.15) is 0 Å². The third-order valence-corrected chi connectivity index (χ3v) is 3.84. The van der Waals surface area contributed by atoms with Gasteiger partial charge < -0.3 is 10.4 Å². The summed E-state index contributed by atoms with van der Waals surface area (Å²) < 4.78 is 13.7.